The molecule has 1 saturated heterocycles. The van der Waals surface area contributed by atoms with E-state index in [0.717, 1.165) is 42.5 Å². The van der Waals surface area contributed by atoms with Crippen molar-refractivity contribution in [2.24, 2.45) is 5.73 Å². The van der Waals surface area contributed by atoms with E-state index in [-0.39, 0.29) is 5.91 Å². The van der Waals surface area contributed by atoms with Crippen LogP contribution in [-0.4, -0.2) is 46.3 Å². The van der Waals surface area contributed by atoms with E-state index in [2.05, 4.69) is 21.2 Å². The maximum atomic E-state index is 13.0. The third-order valence-corrected chi connectivity index (χ3v) is 5.46. The Balaban J connectivity index is 1.69. The van der Waals surface area contributed by atoms with Gasteiger partial charge < -0.3 is 15.5 Å². The molecule has 0 saturated carbocycles. The molecule has 3 rings (SSSR count). The second-order valence-electron chi connectivity index (χ2n) is 6.55. The third kappa shape index (κ3) is 3.82. The Hall–Kier alpha value is -1.99. The van der Waals surface area contributed by atoms with Gasteiger partial charge in [0.2, 0.25) is 11.0 Å². The molecule has 6 nitrogen and oxygen atoms in total. The molecule has 1 amide bonds. The van der Waals surface area contributed by atoms with E-state index in [1.807, 2.05) is 35.2 Å². The number of hydrogen-bond donors (Lipinski definition) is 1. The van der Waals surface area contributed by atoms with Gasteiger partial charge in [-0.2, -0.15) is 4.37 Å². The summed E-state index contributed by atoms with van der Waals surface area (Å²) in [5.41, 5.74) is 6.25. The maximum absolute atomic E-state index is 13.0. The summed E-state index contributed by atoms with van der Waals surface area (Å²) in [6.45, 7) is 6.86. The number of anilines is 1. The van der Waals surface area contributed by atoms with Crippen LogP contribution in [0.2, 0.25) is 0 Å². The molecule has 0 bridgehead atoms. The van der Waals surface area contributed by atoms with E-state index >= 15 is 0 Å². The SMILES string of the molecule is CCc1nsc(N2CCCN(C(=O)C(C)(N)c3ccccc3)CC2)n1. The van der Waals surface area contributed by atoms with Gasteiger partial charge in [-0.15, -0.1) is 0 Å². The lowest BCUT2D eigenvalue weighted by atomic mass is 9.91. The van der Waals surface area contributed by atoms with Crippen molar-refractivity contribution in [1.82, 2.24) is 14.3 Å². The summed E-state index contributed by atoms with van der Waals surface area (Å²) in [4.78, 5) is 21.7. The van der Waals surface area contributed by atoms with E-state index < -0.39 is 5.54 Å². The van der Waals surface area contributed by atoms with Crippen molar-refractivity contribution in [2.45, 2.75) is 32.2 Å². The Kier molecular flexibility index (Phi) is 5.34. The van der Waals surface area contributed by atoms with Crippen LogP contribution in [0.3, 0.4) is 0 Å². The summed E-state index contributed by atoms with van der Waals surface area (Å²) in [5.74, 6) is 0.864. The number of carbonyl (C=O) groups is 1. The normalized spacial score (nSPS) is 17.9. The molecule has 2 aromatic rings. The molecule has 25 heavy (non-hydrogen) atoms. The number of carbonyl (C=O) groups excluding carboxylic acids is 1. The lowest BCUT2D eigenvalue weighted by molar-refractivity contribution is -0.136. The minimum Gasteiger partial charge on any atom is -0.345 e. The zero-order valence-electron chi connectivity index (χ0n) is 14.8. The van der Waals surface area contributed by atoms with Crippen LogP contribution in [0.4, 0.5) is 5.13 Å². The second kappa shape index (κ2) is 7.49. The summed E-state index contributed by atoms with van der Waals surface area (Å²) >= 11 is 1.44. The van der Waals surface area contributed by atoms with Crippen LogP contribution < -0.4 is 10.6 Å². The summed E-state index contributed by atoms with van der Waals surface area (Å²) in [5, 5.41) is 0.949. The van der Waals surface area contributed by atoms with Crippen molar-refractivity contribution in [2.75, 3.05) is 31.1 Å². The number of nitrogens with zero attached hydrogens (tertiary/aromatic N) is 4. The molecule has 0 radical (unpaired) electrons. The number of aromatic nitrogens is 2. The molecular weight excluding hydrogens is 334 g/mol. The lowest BCUT2D eigenvalue weighted by Gasteiger charge is -2.31. The number of nitrogens with two attached hydrogens (primary N) is 1. The molecule has 7 heteroatoms. The van der Waals surface area contributed by atoms with Crippen molar-refractivity contribution in [3.8, 4) is 0 Å². The number of hydrogen-bond acceptors (Lipinski definition) is 6. The van der Waals surface area contributed by atoms with Gasteiger partial charge in [0, 0.05) is 44.1 Å². The van der Waals surface area contributed by atoms with Gasteiger partial charge >= 0.3 is 0 Å². The van der Waals surface area contributed by atoms with E-state index in [9.17, 15) is 4.79 Å². The highest BCUT2D eigenvalue weighted by atomic mass is 32.1. The van der Waals surface area contributed by atoms with E-state index in [1.165, 1.54) is 11.5 Å². The Morgan fingerprint density at radius 2 is 2.00 bits per heavy atom. The fourth-order valence-corrected chi connectivity index (χ4v) is 3.87. The standard InChI is InChI=1S/C18H25N5OS/c1-3-15-20-17(25-21-15)23-11-7-10-22(12-13-23)16(24)18(2,19)14-8-5-4-6-9-14/h4-6,8-9H,3,7,10-13,19H2,1-2H3. The van der Waals surface area contributed by atoms with Crippen molar-refractivity contribution in [3.63, 3.8) is 0 Å². The molecule has 1 aromatic carbocycles. The Morgan fingerprint density at radius 1 is 1.24 bits per heavy atom. The average Bonchev–Trinajstić information content (AvgIpc) is 2.99. The molecule has 1 fully saturated rings. The van der Waals surface area contributed by atoms with Gasteiger partial charge in [0.15, 0.2) is 0 Å². The van der Waals surface area contributed by atoms with Crippen LogP contribution >= 0.6 is 11.5 Å². The van der Waals surface area contributed by atoms with Gasteiger partial charge in [-0.25, -0.2) is 4.98 Å². The molecule has 1 aromatic heterocycles. The third-order valence-electron chi connectivity index (χ3n) is 4.64. The monoisotopic (exact) mass is 359 g/mol. The van der Waals surface area contributed by atoms with Crippen LogP contribution in [0.5, 0.6) is 0 Å². The summed E-state index contributed by atoms with van der Waals surface area (Å²) in [6, 6.07) is 9.59. The first-order valence-corrected chi connectivity index (χ1v) is 9.51. The smallest absolute Gasteiger partial charge is 0.247 e. The fraction of sp³-hybridized carbons (Fsp3) is 0.500. The van der Waals surface area contributed by atoms with Crippen molar-refractivity contribution >= 4 is 22.6 Å². The van der Waals surface area contributed by atoms with Gasteiger partial charge in [-0.1, -0.05) is 37.3 Å². The summed E-state index contributed by atoms with van der Waals surface area (Å²) in [7, 11) is 0. The molecule has 2 N–H and O–H groups in total. The Bertz CT molecular complexity index is 715. The van der Waals surface area contributed by atoms with Crippen molar-refractivity contribution < 1.29 is 4.79 Å². The van der Waals surface area contributed by atoms with E-state index in [4.69, 9.17) is 5.73 Å². The van der Waals surface area contributed by atoms with Crippen molar-refractivity contribution in [1.29, 1.82) is 0 Å². The number of benzene rings is 1. The highest BCUT2D eigenvalue weighted by molar-refractivity contribution is 7.09. The zero-order chi connectivity index (χ0) is 17.9. The van der Waals surface area contributed by atoms with Crippen LogP contribution in [0.25, 0.3) is 0 Å². The molecule has 0 aliphatic carbocycles. The zero-order valence-corrected chi connectivity index (χ0v) is 15.6. The number of amides is 1. The summed E-state index contributed by atoms with van der Waals surface area (Å²) in [6.07, 6.45) is 1.75. The lowest BCUT2D eigenvalue weighted by Crippen LogP contribution is -2.51. The quantitative estimate of drug-likeness (QED) is 0.904. The van der Waals surface area contributed by atoms with Crippen LogP contribution in [0.15, 0.2) is 30.3 Å². The Labute approximate surface area is 152 Å². The molecule has 1 unspecified atom stereocenters. The summed E-state index contributed by atoms with van der Waals surface area (Å²) < 4.78 is 4.36. The van der Waals surface area contributed by atoms with Crippen LogP contribution in [0.1, 0.15) is 31.7 Å². The van der Waals surface area contributed by atoms with Gasteiger partial charge in [0.1, 0.15) is 11.4 Å². The number of aryl methyl sites for hydroxylation is 1. The molecule has 1 aliphatic heterocycles. The van der Waals surface area contributed by atoms with Crippen molar-refractivity contribution in [3.05, 3.63) is 41.7 Å². The van der Waals surface area contributed by atoms with Gasteiger partial charge in [-0.3, -0.25) is 4.79 Å². The highest BCUT2D eigenvalue weighted by Gasteiger charge is 2.35. The van der Waals surface area contributed by atoms with E-state index in [1.54, 1.807) is 6.92 Å². The maximum Gasteiger partial charge on any atom is 0.247 e. The van der Waals surface area contributed by atoms with E-state index in [0.29, 0.717) is 13.1 Å². The average molecular weight is 359 g/mol. The molecule has 134 valence electrons. The van der Waals surface area contributed by atoms with Crippen LogP contribution in [-0.2, 0) is 16.8 Å². The second-order valence-corrected chi connectivity index (χ2v) is 7.28. The molecular formula is C18H25N5OS. The molecule has 2 heterocycles. The highest BCUT2D eigenvalue weighted by Crippen LogP contribution is 2.23. The number of rotatable bonds is 4. The van der Waals surface area contributed by atoms with Crippen LogP contribution in [0, 0.1) is 0 Å². The fourth-order valence-electron chi connectivity index (χ4n) is 3.06. The minimum atomic E-state index is -1.01. The first kappa shape index (κ1) is 17.8. The van der Waals surface area contributed by atoms with Gasteiger partial charge in [-0.05, 0) is 18.9 Å². The molecule has 1 aliphatic rings. The predicted octanol–water partition coefficient (Wildman–Crippen LogP) is 2.01. The minimum absolute atomic E-state index is 0.0212. The first-order chi connectivity index (χ1) is 12.0. The van der Waals surface area contributed by atoms with Gasteiger partial charge in [0.25, 0.3) is 0 Å². The molecule has 0 spiro atoms. The first-order valence-electron chi connectivity index (χ1n) is 8.73. The molecule has 1 atom stereocenters. The largest absolute Gasteiger partial charge is 0.345 e. The topological polar surface area (TPSA) is 75.4 Å². The Morgan fingerprint density at radius 3 is 2.68 bits per heavy atom. The predicted molar refractivity (Wildman–Crippen MR) is 101 cm³/mol. The van der Waals surface area contributed by atoms with Gasteiger partial charge in [0.05, 0.1) is 0 Å².